The summed E-state index contributed by atoms with van der Waals surface area (Å²) in [6.45, 7) is 5.37. The summed E-state index contributed by atoms with van der Waals surface area (Å²) < 4.78 is 10.6. The third-order valence-electron chi connectivity index (χ3n) is 4.10. The van der Waals surface area contributed by atoms with Crippen LogP contribution >= 0.6 is 0 Å². The molecule has 5 nitrogen and oxygen atoms in total. The molecule has 5 heteroatoms. The molecule has 2 unspecified atom stereocenters. The zero-order chi connectivity index (χ0) is 15.2. The summed E-state index contributed by atoms with van der Waals surface area (Å²) in [5.74, 6) is 0.653. The fourth-order valence-electron chi connectivity index (χ4n) is 2.75. The first-order chi connectivity index (χ1) is 10.1. The van der Waals surface area contributed by atoms with Crippen molar-refractivity contribution in [1.29, 1.82) is 0 Å². The third kappa shape index (κ3) is 4.11. The summed E-state index contributed by atoms with van der Waals surface area (Å²) in [4.78, 5) is 14.3. The molecule has 21 heavy (non-hydrogen) atoms. The normalized spacial score (nSPS) is 20.2. The number of nitrogens with zero attached hydrogens (tertiary/aromatic N) is 1. The topological polar surface area (TPSA) is 59.0 Å². The minimum absolute atomic E-state index is 0.196. The van der Waals surface area contributed by atoms with Crippen LogP contribution in [0.3, 0.4) is 0 Å². The predicted molar refractivity (Wildman–Crippen MR) is 79.3 cm³/mol. The van der Waals surface area contributed by atoms with E-state index in [9.17, 15) is 9.90 Å². The molecule has 1 aliphatic heterocycles. The summed E-state index contributed by atoms with van der Waals surface area (Å²) in [6.07, 6.45) is 0.993. The molecule has 1 saturated heterocycles. The van der Waals surface area contributed by atoms with Crippen LogP contribution in [-0.2, 0) is 9.53 Å². The van der Waals surface area contributed by atoms with Crippen LogP contribution in [0.1, 0.15) is 13.3 Å². The molecule has 116 valence electrons. The number of methoxy groups -OCH3 is 1. The van der Waals surface area contributed by atoms with Gasteiger partial charge in [-0.1, -0.05) is 6.92 Å². The first-order valence-corrected chi connectivity index (χ1v) is 7.36. The maximum absolute atomic E-state index is 12.0. The van der Waals surface area contributed by atoms with Gasteiger partial charge < -0.3 is 19.5 Å². The molecule has 0 aromatic heterocycles. The van der Waals surface area contributed by atoms with Crippen molar-refractivity contribution in [3.8, 4) is 11.5 Å². The van der Waals surface area contributed by atoms with Crippen LogP contribution in [0.5, 0.6) is 11.5 Å². The van der Waals surface area contributed by atoms with Gasteiger partial charge in [0.15, 0.2) is 0 Å². The summed E-state index contributed by atoms with van der Waals surface area (Å²) in [7, 11) is 1.42. The molecule has 1 aliphatic rings. The van der Waals surface area contributed by atoms with Crippen LogP contribution in [0, 0.1) is 11.8 Å². The summed E-state index contributed by atoms with van der Waals surface area (Å²) in [5, 5.41) is 9.25. The molecule has 2 rings (SSSR count). The lowest BCUT2D eigenvalue weighted by Gasteiger charge is -2.22. The van der Waals surface area contributed by atoms with Gasteiger partial charge in [-0.25, -0.2) is 0 Å². The van der Waals surface area contributed by atoms with Crippen LogP contribution in [0.15, 0.2) is 24.3 Å². The highest BCUT2D eigenvalue weighted by molar-refractivity contribution is 5.73. The van der Waals surface area contributed by atoms with Gasteiger partial charge in [0.1, 0.15) is 18.1 Å². The summed E-state index contributed by atoms with van der Waals surface area (Å²) in [6, 6.07) is 6.51. The molecule has 1 N–H and O–H groups in total. The van der Waals surface area contributed by atoms with Crippen LogP contribution in [0.2, 0.25) is 0 Å². The van der Waals surface area contributed by atoms with Crippen molar-refractivity contribution in [2.75, 3.05) is 33.4 Å². The van der Waals surface area contributed by atoms with Crippen molar-refractivity contribution in [2.24, 2.45) is 11.8 Å². The predicted octanol–water partition coefficient (Wildman–Crippen LogP) is 1.90. The number of ether oxygens (including phenoxy) is 2. The zero-order valence-corrected chi connectivity index (χ0v) is 12.6. The van der Waals surface area contributed by atoms with Gasteiger partial charge in [0.25, 0.3) is 0 Å². The number of esters is 1. The summed E-state index contributed by atoms with van der Waals surface area (Å²) >= 11 is 0. The molecular formula is C16H23NO4. The van der Waals surface area contributed by atoms with Gasteiger partial charge in [-0.15, -0.1) is 0 Å². The molecule has 1 aromatic carbocycles. The van der Waals surface area contributed by atoms with Gasteiger partial charge in [0.2, 0.25) is 0 Å². The Balaban J connectivity index is 1.97. The van der Waals surface area contributed by atoms with Crippen molar-refractivity contribution < 1.29 is 19.4 Å². The number of hydrogen-bond donors (Lipinski definition) is 1. The molecule has 0 aliphatic carbocycles. The lowest BCUT2D eigenvalue weighted by molar-refractivity contribution is -0.148. The van der Waals surface area contributed by atoms with Gasteiger partial charge in [0, 0.05) is 6.54 Å². The molecular weight excluding hydrogens is 270 g/mol. The highest BCUT2D eigenvalue weighted by Crippen LogP contribution is 2.26. The van der Waals surface area contributed by atoms with E-state index in [1.54, 1.807) is 24.3 Å². The van der Waals surface area contributed by atoms with Crippen LogP contribution < -0.4 is 4.74 Å². The Kier molecular flexibility index (Phi) is 5.44. The Labute approximate surface area is 125 Å². The van der Waals surface area contributed by atoms with E-state index in [-0.39, 0.29) is 23.6 Å². The Morgan fingerprint density at radius 1 is 1.43 bits per heavy atom. The van der Waals surface area contributed by atoms with E-state index in [2.05, 4.69) is 11.8 Å². The van der Waals surface area contributed by atoms with E-state index in [1.165, 1.54) is 7.11 Å². The largest absolute Gasteiger partial charge is 0.508 e. The minimum Gasteiger partial charge on any atom is -0.508 e. The molecule has 0 saturated carbocycles. The smallest absolute Gasteiger partial charge is 0.312 e. The Bertz CT molecular complexity index is 460. The van der Waals surface area contributed by atoms with E-state index in [0.29, 0.717) is 12.4 Å². The second-order valence-corrected chi connectivity index (χ2v) is 5.38. The lowest BCUT2D eigenvalue weighted by atomic mass is 9.92. The summed E-state index contributed by atoms with van der Waals surface area (Å²) in [5.41, 5.74) is 0. The maximum atomic E-state index is 12.0. The van der Waals surface area contributed by atoms with Crippen molar-refractivity contribution in [1.82, 2.24) is 4.90 Å². The minimum atomic E-state index is -0.250. The molecule has 1 heterocycles. The SMILES string of the molecule is CCN1CCC(C(COc2ccc(O)cc2)C(=O)OC)C1. The number of aromatic hydroxyl groups is 1. The Morgan fingerprint density at radius 3 is 2.71 bits per heavy atom. The van der Waals surface area contributed by atoms with Crippen LogP contribution in [0.4, 0.5) is 0 Å². The third-order valence-corrected chi connectivity index (χ3v) is 4.10. The molecule has 0 bridgehead atoms. The first-order valence-electron chi connectivity index (χ1n) is 7.36. The van der Waals surface area contributed by atoms with Crippen molar-refractivity contribution >= 4 is 5.97 Å². The van der Waals surface area contributed by atoms with Gasteiger partial charge in [-0.3, -0.25) is 4.79 Å². The molecule has 1 fully saturated rings. The highest BCUT2D eigenvalue weighted by Gasteiger charge is 2.34. The Hall–Kier alpha value is -1.75. The Morgan fingerprint density at radius 2 is 2.14 bits per heavy atom. The van der Waals surface area contributed by atoms with Gasteiger partial charge in [-0.2, -0.15) is 0 Å². The molecule has 2 atom stereocenters. The number of rotatable bonds is 6. The number of carbonyl (C=O) groups excluding carboxylic acids is 1. The molecule has 1 aromatic rings. The van der Waals surface area contributed by atoms with Crippen molar-refractivity contribution in [2.45, 2.75) is 13.3 Å². The quantitative estimate of drug-likeness (QED) is 0.812. The number of benzene rings is 1. The van der Waals surface area contributed by atoms with E-state index in [1.807, 2.05) is 0 Å². The fourth-order valence-corrected chi connectivity index (χ4v) is 2.75. The van der Waals surface area contributed by atoms with E-state index in [0.717, 1.165) is 26.1 Å². The molecule has 0 spiro atoms. The first kappa shape index (κ1) is 15.6. The fraction of sp³-hybridized carbons (Fsp3) is 0.562. The second-order valence-electron chi connectivity index (χ2n) is 5.38. The van der Waals surface area contributed by atoms with Crippen LogP contribution in [-0.4, -0.2) is 49.3 Å². The van der Waals surface area contributed by atoms with E-state index >= 15 is 0 Å². The van der Waals surface area contributed by atoms with Crippen molar-refractivity contribution in [3.05, 3.63) is 24.3 Å². The number of hydrogen-bond acceptors (Lipinski definition) is 5. The maximum Gasteiger partial charge on any atom is 0.312 e. The average molecular weight is 293 g/mol. The van der Waals surface area contributed by atoms with Gasteiger partial charge in [0.05, 0.1) is 13.0 Å². The number of phenols is 1. The lowest BCUT2D eigenvalue weighted by Crippen LogP contribution is -2.32. The van der Waals surface area contributed by atoms with Gasteiger partial charge in [-0.05, 0) is 49.7 Å². The van der Waals surface area contributed by atoms with Crippen molar-refractivity contribution in [3.63, 3.8) is 0 Å². The van der Waals surface area contributed by atoms with Gasteiger partial charge >= 0.3 is 5.97 Å². The number of carbonyl (C=O) groups is 1. The number of phenolic OH excluding ortho intramolecular Hbond substituents is 1. The zero-order valence-electron chi connectivity index (χ0n) is 12.6. The average Bonchev–Trinajstić information content (AvgIpc) is 2.97. The monoisotopic (exact) mass is 293 g/mol. The standard InChI is InChI=1S/C16H23NO4/c1-3-17-9-8-12(10-17)15(16(19)20-2)11-21-14-6-4-13(18)5-7-14/h4-7,12,15,18H,3,8-11H2,1-2H3. The van der Waals surface area contributed by atoms with E-state index < -0.39 is 0 Å². The molecule has 0 radical (unpaired) electrons. The molecule has 0 amide bonds. The number of likely N-dealkylation sites (tertiary alicyclic amines) is 1. The van der Waals surface area contributed by atoms with E-state index in [4.69, 9.17) is 9.47 Å². The second kappa shape index (κ2) is 7.31. The highest BCUT2D eigenvalue weighted by atomic mass is 16.5. The van der Waals surface area contributed by atoms with Crippen LogP contribution in [0.25, 0.3) is 0 Å².